The summed E-state index contributed by atoms with van der Waals surface area (Å²) in [4.78, 5) is 2.43. The fourth-order valence-corrected chi connectivity index (χ4v) is 2.74. The SMILES string of the molecule is CCOc1ccc(N2CCNC(C)(CC)C2)cc1OCC. The number of anilines is 1. The van der Waals surface area contributed by atoms with E-state index in [9.17, 15) is 0 Å². The van der Waals surface area contributed by atoms with Gasteiger partial charge in [0.15, 0.2) is 11.5 Å². The van der Waals surface area contributed by atoms with Crippen LogP contribution in [-0.2, 0) is 0 Å². The van der Waals surface area contributed by atoms with Crippen LogP contribution in [0.15, 0.2) is 18.2 Å². The summed E-state index contributed by atoms with van der Waals surface area (Å²) < 4.78 is 11.4. The van der Waals surface area contributed by atoms with Crippen LogP contribution in [0, 0.1) is 0 Å². The van der Waals surface area contributed by atoms with Crippen LogP contribution in [0.4, 0.5) is 5.69 Å². The average Bonchev–Trinajstić information content (AvgIpc) is 2.49. The van der Waals surface area contributed by atoms with Crippen LogP contribution in [0.2, 0.25) is 0 Å². The van der Waals surface area contributed by atoms with E-state index in [0.29, 0.717) is 13.2 Å². The van der Waals surface area contributed by atoms with Crippen LogP contribution < -0.4 is 19.7 Å². The number of hydrogen-bond acceptors (Lipinski definition) is 4. The van der Waals surface area contributed by atoms with Crippen LogP contribution in [0.5, 0.6) is 11.5 Å². The lowest BCUT2D eigenvalue weighted by atomic mass is 9.95. The van der Waals surface area contributed by atoms with Crippen LogP contribution in [0.25, 0.3) is 0 Å². The summed E-state index contributed by atoms with van der Waals surface area (Å²) in [5.74, 6) is 1.67. The van der Waals surface area contributed by atoms with Gasteiger partial charge in [-0.3, -0.25) is 0 Å². The van der Waals surface area contributed by atoms with Gasteiger partial charge in [-0.15, -0.1) is 0 Å². The van der Waals surface area contributed by atoms with Gasteiger partial charge in [-0.2, -0.15) is 0 Å². The van der Waals surface area contributed by atoms with E-state index >= 15 is 0 Å². The third kappa shape index (κ3) is 3.82. The van der Waals surface area contributed by atoms with Crippen LogP contribution in [0.3, 0.4) is 0 Å². The number of piperazine rings is 1. The molecule has 0 amide bonds. The Morgan fingerprint density at radius 1 is 1.14 bits per heavy atom. The van der Waals surface area contributed by atoms with Crippen LogP contribution in [-0.4, -0.2) is 38.4 Å². The molecule has 1 unspecified atom stereocenters. The third-order valence-corrected chi connectivity index (χ3v) is 4.15. The normalized spacial score (nSPS) is 22.2. The standard InChI is InChI=1S/C17H28N2O2/c1-5-17(4)13-19(11-10-18-17)14-8-9-15(20-6-2)16(12-14)21-7-3/h8-9,12,18H,5-7,10-11,13H2,1-4H3. The van der Waals surface area contributed by atoms with Gasteiger partial charge in [0, 0.05) is 36.9 Å². The molecule has 1 heterocycles. The lowest BCUT2D eigenvalue weighted by Gasteiger charge is -2.42. The predicted octanol–water partition coefficient (Wildman–Crippen LogP) is 3.06. The third-order valence-electron chi connectivity index (χ3n) is 4.15. The summed E-state index contributed by atoms with van der Waals surface area (Å²) in [6.45, 7) is 12.9. The maximum absolute atomic E-state index is 5.73. The molecule has 0 spiro atoms. The minimum absolute atomic E-state index is 0.183. The number of ether oxygens (including phenoxy) is 2. The van der Waals surface area contributed by atoms with Crippen molar-refractivity contribution in [1.82, 2.24) is 5.32 Å². The van der Waals surface area contributed by atoms with Crippen molar-refractivity contribution in [3.8, 4) is 11.5 Å². The molecule has 0 bridgehead atoms. The Balaban J connectivity index is 2.21. The molecule has 0 aromatic heterocycles. The second-order valence-electron chi connectivity index (χ2n) is 5.76. The van der Waals surface area contributed by atoms with E-state index in [4.69, 9.17) is 9.47 Å². The van der Waals surface area contributed by atoms with E-state index in [1.54, 1.807) is 0 Å². The van der Waals surface area contributed by atoms with Crippen LogP contribution in [0.1, 0.15) is 34.1 Å². The largest absolute Gasteiger partial charge is 0.490 e. The Hall–Kier alpha value is -1.42. The lowest BCUT2D eigenvalue weighted by molar-refractivity contribution is 0.287. The summed E-state index contributed by atoms with van der Waals surface area (Å²) in [7, 11) is 0. The van der Waals surface area contributed by atoms with Gasteiger partial charge in [0.1, 0.15) is 0 Å². The lowest BCUT2D eigenvalue weighted by Crippen LogP contribution is -2.58. The van der Waals surface area contributed by atoms with E-state index in [0.717, 1.165) is 37.6 Å². The highest BCUT2D eigenvalue weighted by molar-refractivity contribution is 5.57. The number of benzene rings is 1. The number of nitrogens with zero attached hydrogens (tertiary/aromatic N) is 1. The van der Waals surface area contributed by atoms with Crippen molar-refractivity contribution in [3.05, 3.63) is 18.2 Å². The molecule has 21 heavy (non-hydrogen) atoms. The van der Waals surface area contributed by atoms with E-state index in [-0.39, 0.29) is 5.54 Å². The van der Waals surface area contributed by atoms with Gasteiger partial charge >= 0.3 is 0 Å². The van der Waals surface area contributed by atoms with E-state index < -0.39 is 0 Å². The van der Waals surface area contributed by atoms with Gasteiger partial charge in [-0.1, -0.05) is 6.92 Å². The molecule has 0 aliphatic carbocycles. The van der Waals surface area contributed by atoms with Gasteiger partial charge in [0.05, 0.1) is 13.2 Å². The minimum atomic E-state index is 0.183. The number of rotatable bonds is 6. The van der Waals surface area contributed by atoms with Crippen molar-refractivity contribution in [2.75, 3.05) is 37.7 Å². The van der Waals surface area contributed by atoms with Gasteiger partial charge in [0.25, 0.3) is 0 Å². The van der Waals surface area contributed by atoms with E-state index in [1.807, 2.05) is 19.9 Å². The molecular formula is C17H28N2O2. The number of nitrogens with one attached hydrogen (secondary N) is 1. The molecule has 1 aromatic carbocycles. The molecule has 2 rings (SSSR count). The fraction of sp³-hybridized carbons (Fsp3) is 0.647. The Kier molecular flexibility index (Phi) is 5.34. The Morgan fingerprint density at radius 2 is 1.86 bits per heavy atom. The van der Waals surface area contributed by atoms with Crippen molar-refractivity contribution in [2.45, 2.75) is 39.7 Å². The first-order valence-corrected chi connectivity index (χ1v) is 8.01. The Morgan fingerprint density at radius 3 is 2.52 bits per heavy atom. The van der Waals surface area contributed by atoms with E-state index in [2.05, 4.69) is 36.2 Å². The molecule has 118 valence electrons. The van der Waals surface area contributed by atoms with Crippen molar-refractivity contribution in [1.29, 1.82) is 0 Å². The topological polar surface area (TPSA) is 33.7 Å². The Bertz CT molecular complexity index is 464. The van der Waals surface area contributed by atoms with Crippen LogP contribution >= 0.6 is 0 Å². The van der Waals surface area contributed by atoms with E-state index in [1.165, 1.54) is 5.69 Å². The molecule has 1 N–H and O–H groups in total. The van der Waals surface area contributed by atoms with Gasteiger partial charge in [0.2, 0.25) is 0 Å². The summed E-state index contributed by atoms with van der Waals surface area (Å²) in [5, 5.41) is 3.62. The van der Waals surface area contributed by atoms with Crippen molar-refractivity contribution >= 4 is 5.69 Å². The molecule has 1 fully saturated rings. The molecule has 1 aliphatic heterocycles. The first kappa shape index (κ1) is 16.0. The van der Waals surface area contributed by atoms with Gasteiger partial charge < -0.3 is 19.7 Å². The quantitative estimate of drug-likeness (QED) is 0.873. The first-order chi connectivity index (χ1) is 10.1. The zero-order valence-corrected chi connectivity index (χ0v) is 13.7. The molecule has 4 nitrogen and oxygen atoms in total. The smallest absolute Gasteiger partial charge is 0.163 e. The molecule has 1 saturated heterocycles. The molecule has 0 radical (unpaired) electrons. The highest BCUT2D eigenvalue weighted by atomic mass is 16.5. The number of hydrogen-bond donors (Lipinski definition) is 1. The van der Waals surface area contributed by atoms with Gasteiger partial charge in [-0.05, 0) is 39.3 Å². The van der Waals surface area contributed by atoms with Crippen molar-refractivity contribution in [3.63, 3.8) is 0 Å². The monoisotopic (exact) mass is 292 g/mol. The zero-order valence-electron chi connectivity index (χ0n) is 13.7. The summed E-state index contributed by atoms with van der Waals surface area (Å²) in [5.41, 5.74) is 1.39. The summed E-state index contributed by atoms with van der Waals surface area (Å²) in [6.07, 6.45) is 1.12. The molecule has 4 heteroatoms. The Labute approximate surface area is 128 Å². The van der Waals surface area contributed by atoms with Crippen molar-refractivity contribution in [2.24, 2.45) is 0 Å². The first-order valence-electron chi connectivity index (χ1n) is 8.01. The summed E-state index contributed by atoms with van der Waals surface area (Å²) >= 11 is 0. The zero-order chi connectivity index (χ0) is 15.3. The fourth-order valence-electron chi connectivity index (χ4n) is 2.74. The minimum Gasteiger partial charge on any atom is -0.490 e. The molecular weight excluding hydrogens is 264 g/mol. The second kappa shape index (κ2) is 7.03. The molecule has 1 atom stereocenters. The van der Waals surface area contributed by atoms with Gasteiger partial charge in [-0.25, -0.2) is 0 Å². The maximum Gasteiger partial charge on any atom is 0.163 e. The maximum atomic E-state index is 5.73. The predicted molar refractivity (Wildman–Crippen MR) is 87.7 cm³/mol. The summed E-state index contributed by atoms with van der Waals surface area (Å²) in [6, 6.07) is 6.26. The highest BCUT2D eigenvalue weighted by Gasteiger charge is 2.29. The average molecular weight is 292 g/mol. The molecule has 0 saturated carbocycles. The highest BCUT2D eigenvalue weighted by Crippen LogP contribution is 2.33. The van der Waals surface area contributed by atoms with Crippen molar-refractivity contribution < 1.29 is 9.47 Å². The molecule has 1 aromatic rings. The second-order valence-corrected chi connectivity index (χ2v) is 5.76. The molecule has 1 aliphatic rings.